The van der Waals surface area contributed by atoms with Crippen LogP contribution < -0.4 is 5.32 Å². The second-order valence-electron chi connectivity index (χ2n) is 8.81. The van der Waals surface area contributed by atoms with E-state index >= 15 is 0 Å². The van der Waals surface area contributed by atoms with Crippen molar-refractivity contribution in [3.8, 4) is 0 Å². The molecule has 0 unspecified atom stereocenters. The Morgan fingerprint density at radius 1 is 1.13 bits per heavy atom. The smallest absolute Gasteiger partial charge is 0.407 e. The number of carbonyl (C=O) groups excluding carboxylic acids is 2. The molecule has 2 saturated carbocycles. The number of methoxy groups -OCH3 is 1. The fourth-order valence-corrected chi connectivity index (χ4v) is 5.86. The summed E-state index contributed by atoms with van der Waals surface area (Å²) in [6.07, 6.45) is 3.50. The van der Waals surface area contributed by atoms with Gasteiger partial charge in [0.2, 0.25) is 0 Å². The topological polar surface area (TPSA) is 83.1 Å². The van der Waals surface area contributed by atoms with Gasteiger partial charge in [-0.25, -0.2) is 4.79 Å². The molecule has 1 saturated heterocycles. The maximum Gasteiger partial charge on any atom is 0.407 e. The molecule has 3 atom stereocenters. The van der Waals surface area contributed by atoms with E-state index in [0.717, 1.165) is 18.4 Å². The lowest BCUT2D eigenvalue weighted by Gasteiger charge is -2.60. The van der Waals surface area contributed by atoms with Gasteiger partial charge in [0.05, 0.1) is 31.3 Å². The first kappa shape index (κ1) is 21.1. The highest BCUT2D eigenvalue weighted by Crippen LogP contribution is 2.60. The fraction of sp³-hybridized carbons (Fsp3) is 0.652. The molecule has 1 heterocycles. The molecular weight excluding hydrogens is 386 g/mol. The Hall–Kier alpha value is -2.12. The average Bonchev–Trinajstić information content (AvgIpc) is 3.21. The van der Waals surface area contributed by atoms with Crippen molar-refractivity contribution >= 4 is 12.1 Å². The molecule has 1 N–H and O–H groups in total. The van der Waals surface area contributed by atoms with Gasteiger partial charge < -0.3 is 24.3 Å². The van der Waals surface area contributed by atoms with E-state index in [4.69, 9.17) is 18.9 Å². The number of benzene rings is 1. The van der Waals surface area contributed by atoms with Gasteiger partial charge >= 0.3 is 12.1 Å². The lowest BCUT2D eigenvalue weighted by Crippen LogP contribution is -2.72. The maximum atomic E-state index is 13.2. The number of hydrogen-bond acceptors (Lipinski definition) is 6. The zero-order valence-electron chi connectivity index (χ0n) is 17.8. The Labute approximate surface area is 177 Å². The third kappa shape index (κ3) is 3.48. The van der Waals surface area contributed by atoms with E-state index in [1.54, 1.807) is 0 Å². The number of alkyl carbamates (subject to hydrolysis) is 1. The normalized spacial score (nSPS) is 32.3. The third-order valence-corrected chi connectivity index (χ3v) is 7.33. The molecule has 164 valence electrons. The van der Waals surface area contributed by atoms with Crippen LogP contribution in [0.15, 0.2) is 30.3 Å². The Morgan fingerprint density at radius 3 is 2.57 bits per heavy atom. The van der Waals surface area contributed by atoms with Gasteiger partial charge in [-0.05, 0) is 30.7 Å². The highest BCUT2D eigenvalue weighted by atomic mass is 16.7. The Bertz CT molecular complexity index is 777. The molecule has 0 aromatic heterocycles. The number of ether oxygens (including phenoxy) is 4. The molecule has 4 rings (SSSR count). The molecule has 30 heavy (non-hydrogen) atoms. The molecule has 1 aromatic carbocycles. The van der Waals surface area contributed by atoms with Crippen molar-refractivity contribution in [2.45, 2.75) is 63.4 Å². The van der Waals surface area contributed by atoms with Gasteiger partial charge in [-0.3, -0.25) is 4.79 Å². The van der Waals surface area contributed by atoms with Gasteiger partial charge in [0, 0.05) is 12.8 Å². The van der Waals surface area contributed by atoms with Crippen LogP contribution in [-0.2, 0) is 30.3 Å². The van der Waals surface area contributed by atoms with Gasteiger partial charge in [0.1, 0.15) is 6.61 Å². The lowest BCUT2D eigenvalue weighted by molar-refractivity contribution is -0.238. The summed E-state index contributed by atoms with van der Waals surface area (Å²) < 4.78 is 22.8. The van der Waals surface area contributed by atoms with Crippen molar-refractivity contribution in [1.29, 1.82) is 0 Å². The number of hydrogen-bond donors (Lipinski definition) is 1. The van der Waals surface area contributed by atoms with Gasteiger partial charge in [-0.2, -0.15) is 0 Å². The van der Waals surface area contributed by atoms with E-state index < -0.39 is 22.8 Å². The third-order valence-electron chi connectivity index (χ3n) is 7.33. The van der Waals surface area contributed by atoms with Crippen LogP contribution in [0.4, 0.5) is 4.79 Å². The minimum atomic E-state index is -0.909. The molecule has 3 aliphatic rings. The van der Waals surface area contributed by atoms with Crippen molar-refractivity contribution in [2.75, 3.05) is 20.3 Å². The summed E-state index contributed by atoms with van der Waals surface area (Å²) in [6, 6.07) is 9.55. The van der Waals surface area contributed by atoms with Crippen molar-refractivity contribution < 1.29 is 28.5 Å². The quantitative estimate of drug-likeness (QED) is 0.755. The van der Waals surface area contributed by atoms with E-state index in [-0.39, 0.29) is 18.5 Å². The van der Waals surface area contributed by atoms with E-state index in [0.29, 0.717) is 38.9 Å². The Morgan fingerprint density at radius 2 is 1.87 bits per heavy atom. The Kier molecular flexibility index (Phi) is 5.77. The highest BCUT2D eigenvalue weighted by Gasteiger charge is 2.68. The second-order valence-corrected chi connectivity index (χ2v) is 8.81. The lowest BCUT2D eigenvalue weighted by atomic mass is 9.50. The minimum absolute atomic E-state index is 0.0911. The number of nitrogens with one attached hydrogen (secondary N) is 1. The SMILES string of the molecule is COC(=O)[C@]12CCC[C@H](C)[C@@]1(NC(=O)OCc1ccccc1)CCC1(C2)OCCO1. The van der Waals surface area contributed by atoms with E-state index in [9.17, 15) is 9.59 Å². The van der Waals surface area contributed by atoms with Crippen LogP contribution in [-0.4, -0.2) is 43.7 Å². The van der Waals surface area contributed by atoms with E-state index in [1.165, 1.54) is 7.11 Å². The van der Waals surface area contributed by atoms with Crippen LogP contribution >= 0.6 is 0 Å². The monoisotopic (exact) mass is 417 g/mol. The highest BCUT2D eigenvalue weighted by molar-refractivity contribution is 5.81. The predicted octanol–water partition coefficient (Wildman–Crippen LogP) is 3.56. The van der Waals surface area contributed by atoms with Crippen LogP contribution in [0.5, 0.6) is 0 Å². The molecule has 3 fully saturated rings. The Balaban J connectivity index is 1.61. The molecule has 7 nitrogen and oxygen atoms in total. The van der Waals surface area contributed by atoms with Crippen molar-refractivity contribution in [3.05, 3.63) is 35.9 Å². The summed E-state index contributed by atoms with van der Waals surface area (Å²) >= 11 is 0. The molecule has 0 bridgehead atoms. The van der Waals surface area contributed by atoms with Gasteiger partial charge in [0.15, 0.2) is 5.79 Å². The first-order valence-corrected chi connectivity index (χ1v) is 10.8. The van der Waals surface area contributed by atoms with Crippen LogP contribution in [0.1, 0.15) is 51.0 Å². The molecule has 1 amide bonds. The molecule has 2 aliphatic carbocycles. The predicted molar refractivity (Wildman–Crippen MR) is 108 cm³/mol. The first-order valence-electron chi connectivity index (χ1n) is 10.8. The number of carbonyl (C=O) groups is 2. The average molecular weight is 418 g/mol. The van der Waals surface area contributed by atoms with Crippen LogP contribution in [0.2, 0.25) is 0 Å². The van der Waals surface area contributed by atoms with Crippen molar-refractivity contribution in [3.63, 3.8) is 0 Å². The molecule has 1 aromatic rings. The molecule has 1 spiro atoms. The fourth-order valence-electron chi connectivity index (χ4n) is 5.86. The minimum Gasteiger partial charge on any atom is -0.469 e. The van der Waals surface area contributed by atoms with Crippen LogP contribution in [0, 0.1) is 11.3 Å². The summed E-state index contributed by atoms with van der Waals surface area (Å²) in [4.78, 5) is 26.1. The van der Waals surface area contributed by atoms with E-state index in [1.807, 2.05) is 30.3 Å². The zero-order chi connectivity index (χ0) is 21.2. The van der Waals surface area contributed by atoms with Crippen LogP contribution in [0.3, 0.4) is 0 Å². The first-order chi connectivity index (χ1) is 14.5. The maximum absolute atomic E-state index is 13.2. The molecular formula is C23H31NO6. The van der Waals surface area contributed by atoms with Gasteiger partial charge in [-0.1, -0.05) is 43.7 Å². The van der Waals surface area contributed by atoms with Gasteiger partial charge in [0.25, 0.3) is 0 Å². The summed E-state index contributed by atoms with van der Waals surface area (Å²) in [7, 11) is 1.41. The van der Waals surface area contributed by atoms with Crippen molar-refractivity contribution in [2.24, 2.45) is 11.3 Å². The molecule has 0 radical (unpaired) electrons. The number of rotatable bonds is 4. The zero-order valence-corrected chi connectivity index (χ0v) is 17.8. The molecule has 1 aliphatic heterocycles. The standard InChI is InChI=1S/C23H31NO6/c1-17-7-6-10-21(19(25)27-2)16-22(29-13-14-30-22)11-12-23(17,21)24-20(26)28-15-18-8-4-3-5-9-18/h3-5,8-9,17H,6-7,10-16H2,1-2H3,(H,24,26)/t17-,21+,23-/m0/s1. The second kappa shape index (κ2) is 8.19. The number of esters is 1. The molecule has 7 heteroatoms. The van der Waals surface area contributed by atoms with Crippen molar-refractivity contribution in [1.82, 2.24) is 5.32 Å². The summed E-state index contributed by atoms with van der Waals surface area (Å²) in [5.41, 5.74) is -0.753. The number of fused-ring (bicyclic) bond motifs is 1. The van der Waals surface area contributed by atoms with Crippen LogP contribution in [0.25, 0.3) is 0 Å². The summed E-state index contributed by atoms with van der Waals surface area (Å²) in [6.45, 7) is 3.32. The summed E-state index contributed by atoms with van der Waals surface area (Å²) in [5.74, 6) is -0.992. The van der Waals surface area contributed by atoms with Gasteiger partial charge in [-0.15, -0.1) is 0 Å². The largest absolute Gasteiger partial charge is 0.469 e. The summed E-state index contributed by atoms with van der Waals surface area (Å²) in [5, 5.41) is 3.14. The van der Waals surface area contributed by atoms with E-state index in [2.05, 4.69) is 12.2 Å². The number of amides is 1.